The van der Waals surface area contributed by atoms with Gasteiger partial charge >= 0.3 is 0 Å². The zero-order chi connectivity index (χ0) is 16.1. The van der Waals surface area contributed by atoms with E-state index in [2.05, 4.69) is 26.2 Å². The Morgan fingerprint density at radius 1 is 0.957 bits per heavy atom. The number of nitrogens with two attached hydrogens (primary N) is 1. The standard InChI is InChI=1S/C18H16BrN3O/c19-14-6-8-15(9-7-14)21-18-16(20)10-11-17(22-18)23-12-13-4-2-1-3-5-13/h1-11H,12,20H2,(H,21,22). The third-order valence-corrected chi connectivity index (χ3v) is 3.77. The molecule has 4 nitrogen and oxygen atoms in total. The highest BCUT2D eigenvalue weighted by Gasteiger charge is 2.05. The second-order valence-corrected chi connectivity index (χ2v) is 5.91. The Bertz CT molecular complexity index is 776. The topological polar surface area (TPSA) is 60.2 Å². The molecule has 0 atom stereocenters. The second-order valence-electron chi connectivity index (χ2n) is 4.99. The number of halogens is 1. The van der Waals surface area contributed by atoms with Crippen LogP contribution in [0.5, 0.6) is 5.88 Å². The molecule has 0 fully saturated rings. The molecule has 0 aliphatic heterocycles. The molecule has 0 bridgehead atoms. The summed E-state index contributed by atoms with van der Waals surface area (Å²) in [6.07, 6.45) is 0. The van der Waals surface area contributed by atoms with Crippen LogP contribution in [0.15, 0.2) is 71.2 Å². The molecule has 1 heterocycles. The molecule has 0 amide bonds. The van der Waals surface area contributed by atoms with Crippen molar-refractivity contribution in [1.29, 1.82) is 0 Å². The second kappa shape index (κ2) is 7.15. The largest absolute Gasteiger partial charge is 0.473 e. The normalized spacial score (nSPS) is 10.3. The third kappa shape index (κ3) is 4.23. The minimum absolute atomic E-state index is 0.468. The van der Waals surface area contributed by atoms with Crippen LogP contribution in [0.3, 0.4) is 0 Å². The molecule has 0 saturated carbocycles. The van der Waals surface area contributed by atoms with Gasteiger partial charge in [0.15, 0.2) is 5.82 Å². The highest BCUT2D eigenvalue weighted by Crippen LogP contribution is 2.25. The van der Waals surface area contributed by atoms with E-state index in [4.69, 9.17) is 10.5 Å². The Labute approximate surface area is 143 Å². The molecular weight excluding hydrogens is 354 g/mol. The predicted octanol–water partition coefficient (Wildman–Crippen LogP) is 4.75. The smallest absolute Gasteiger partial charge is 0.215 e. The van der Waals surface area contributed by atoms with Gasteiger partial charge in [-0.1, -0.05) is 46.3 Å². The van der Waals surface area contributed by atoms with Gasteiger partial charge < -0.3 is 15.8 Å². The van der Waals surface area contributed by atoms with Crippen LogP contribution in [0.1, 0.15) is 5.56 Å². The zero-order valence-corrected chi connectivity index (χ0v) is 14.0. The monoisotopic (exact) mass is 369 g/mol. The molecule has 1 aromatic heterocycles. The van der Waals surface area contributed by atoms with Gasteiger partial charge in [0.25, 0.3) is 0 Å². The minimum Gasteiger partial charge on any atom is -0.473 e. The summed E-state index contributed by atoms with van der Waals surface area (Å²) in [5, 5.41) is 3.20. The van der Waals surface area contributed by atoms with Gasteiger partial charge in [-0.3, -0.25) is 0 Å². The van der Waals surface area contributed by atoms with E-state index < -0.39 is 0 Å². The van der Waals surface area contributed by atoms with Crippen LogP contribution >= 0.6 is 15.9 Å². The van der Waals surface area contributed by atoms with Crippen LogP contribution in [0.4, 0.5) is 17.2 Å². The number of benzene rings is 2. The van der Waals surface area contributed by atoms with Crippen molar-refractivity contribution in [2.24, 2.45) is 0 Å². The van der Waals surface area contributed by atoms with E-state index in [9.17, 15) is 0 Å². The lowest BCUT2D eigenvalue weighted by atomic mass is 10.2. The number of rotatable bonds is 5. The van der Waals surface area contributed by atoms with E-state index in [1.807, 2.05) is 54.6 Å². The van der Waals surface area contributed by atoms with Crippen LogP contribution in [0, 0.1) is 0 Å². The molecule has 0 unspecified atom stereocenters. The van der Waals surface area contributed by atoms with Gasteiger partial charge in [0, 0.05) is 16.2 Å². The lowest BCUT2D eigenvalue weighted by Gasteiger charge is -2.11. The van der Waals surface area contributed by atoms with Crippen molar-refractivity contribution in [3.05, 3.63) is 76.8 Å². The van der Waals surface area contributed by atoms with E-state index in [0.717, 1.165) is 15.7 Å². The van der Waals surface area contributed by atoms with Crippen LogP contribution in [-0.4, -0.2) is 4.98 Å². The zero-order valence-electron chi connectivity index (χ0n) is 12.4. The van der Waals surface area contributed by atoms with Crippen LogP contribution in [-0.2, 0) is 6.61 Å². The first kappa shape index (κ1) is 15.4. The van der Waals surface area contributed by atoms with E-state index >= 15 is 0 Å². The number of nitrogens with zero attached hydrogens (tertiary/aromatic N) is 1. The van der Waals surface area contributed by atoms with Crippen molar-refractivity contribution in [3.63, 3.8) is 0 Å². The first-order chi connectivity index (χ1) is 11.2. The summed E-state index contributed by atoms with van der Waals surface area (Å²) < 4.78 is 6.75. The number of hydrogen-bond acceptors (Lipinski definition) is 4. The van der Waals surface area contributed by atoms with Gasteiger partial charge in [-0.25, -0.2) is 0 Å². The highest BCUT2D eigenvalue weighted by molar-refractivity contribution is 9.10. The summed E-state index contributed by atoms with van der Waals surface area (Å²) in [6.45, 7) is 0.468. The van der Waals surface area contributed by atoms with Crippen molar-refractivity contribution < 1.29 is 4.74 Å². The van der Waals surface area contributed by atoms with Gasteiger partial charge in [-0.15, -0.1) is 0 Å². The Morgan fingerprint density at radius 3 is 2.43 bits per heavy atom. The Kier molecular flexibility index (Phi) is 4.78. The summed E-state index contributed by atoms with van der Waals surface area (Å²) >= 11 is 3.41. The molecule has 0 aliphatic rings. The fraction of sp³-hybridized carbons (Fsp3) is 0.0556. The highest BCUT2D eigenvalue weighted by atomic mass is 79.9. The number of nitrogen functional groups attached to an aromatic ring is 1. The van der Waals surface area contributed by atoms with E-state index in [0.29, 0.717) is 24.0 Å². The first-order valence-electron chi connectivity index (χ1n) is 7.16. The van der Waals surface area contributed by atoms with Crippen molar-refractivity contribution in [1.82, 2.24) is 4.98 Å². The molecule has 3 N–H and O–H groups in total. The number of anilines is 3. The Hall–Kier alpha value is -2.53. The summed E-state index contributed by atoms with van der Waals surface area (Å²) in [4.78, 5) is 4.44. The average molecular weight is 370 g/mol. The lowest BCUT2D eigenvalue weighted by Crippen LogP contribution is -2.02. The number of ether oxygens (including phenoxy) is 1. The molecule has 116 valence electrons. The van der Waals surface area contributed by atoms with Crippen LogP contribution < -0.4 is 15.8 Å². The van der Waals surface area contributed by atoms with Crippen molar-refractivity contribution in [2.75, 3.05) is 11.1 Å². The maximum atomic E-state index is 5.98. The Morgan fingerprint density at radius 2 is 1.70 bits per heavy atom. The Balaban J connectivity index is 1.72. The number of pyridine rings is 1. The number of aromatic nitrogens is 1. The summed E-state index contributed by atoms with van der Waals surface area (Å²) in [7, 11) is 0. The van der Waals surface area contributed by atoms with Crippen LogP contribution in [0.2, 0.25) is 0 Å². The van der Waals surface area contributed by atoms with Gasteiger partial charge in [0.2, 0.25) is 5.88 Å². The fourth-order valence-electron chi connectivity index (χ4n) is 2.03. The van der Waals surface area contributed by atoms with Crippen molar-refractivity contribution in [3.8, 4) is 5.88 Å². The molecule has 2 aromatic carbocycles. The van der Waals surface area contributed by atoms with Gasteiger partial charge in [-0.05, 0) is 35.9 Å². The summed E-state index contributed by atoms with van der Waals surface area (Å²) in [5.41, 5.74) is 8.56. The molecular formula is C18H16BrN3O. The number of hydrogen-bond donors (Lipinski definition) is 2. The number of nitrogens with one attached hydrogen (secondary N) is 1. The maximum Gasteiger partial charge on any atom is 0.215 e. The summed E-state index contributed by atoms with van der Waals surface area (Å²) in [5.74, 6) is 1.11. The van der Waals surface area contributed by atoms with Gasteiger partial charge in [0.1, 0.15) is 6.61 Å². The molecule has 3 rings (SSSR count). The summed E-state index contributed by atoms with van der Waals surface area (Å²) in [6, 6.07) is 21.3. The molecule has 0 saturated heterocycles. The van der Waals surface area contributed by atoms with Gasteiger partial charge in [-0.2, -0.15) is 4.98 Å². The average Bonchev–Trinajstić information content (AvgIpc) is 2.58. The molecule has 3 aromatic rings. The molecule has 0 aliphatic carbocycles. The van der Waals surface area contributed by atoms with E-state index in [1.54, 1.807) is 12.1 Å². The third-order valence-electron chi connectivity index (χ3n) is 3.24. The molecule has 5 heteroatoms. The quantitative estimate of drug-likeness (QED) is 0.681. The van der Waals surface area contributed by atoms with Gasteiger partial charge in [0.05, 0.1) is 5.69 Å². The fourth-order valence-corrected chi connectivity index (χ4v) is 2.30. The molecule has 0 spiro atoms. The molecule has 23 heavy (non-hydrogen) atoms. The predicted molar refractivity (Wildman–Crippen MR) is 96.8 cm³/mol. The van der Waals surface area contributed by atoms with Crippen LogP contribution in [0.25, 0.3) is 0 Å². The van der Waals surface area contributed by atoms with Crippen molar-refractivity contribution in [2.45, 2.75) is 6.61 Å². The lowest BCUT2D eigenvalue weighted by molar-refractivity contribution is 0.294. The first-order valence-corrected chi connectivity index (χ1v) is 7.96. The molecule has 0 radical (unpaired) electrons. The maximum absolute atomic E-state index is 5.98. The van der Waals surface area contributed by atoms with Crippen molar-refractivity contribution >= 4 is 33.1 Å². The minimum atomic E-state index is 0.468. The SMILES string of the molecule is Nc1ccc(OCc2ccccc2)nc1Nc1ccc(Br)cc1. The van der Waals surface area contributed by atoms with E-state index in [1.165, 1.54) is 0 Å². The van der Waals surface area contributed by atoms with E-state index in [-0.39, 0.29) is 0 Å².